The SMILES string of the molecule is CCC(CCO)NC(=O)C(=O)Nc1ccc2c(c1)CCC2. The molecule has 5 nitrogen and oxygen atoms in total. The first-order valence-corrected chi connectivity index (χ1v) is 7.48. The van der Waals surface area contributed by atoms with Crippen LogP contribution in [-0.4, -0.2) is 29.6 Å². The molecule has 3 N–H and O–H groups in total. The summed E-state index contributed by atoms with van der Waals surface area (Å²) in [7, 11) is 0. The van der Waals surface area contributed by atoms with E-state index < -0.39 is 11.8 Å². The minimum absolute atomic E-state index is 0.00870. The Kier molecular flexibility index (Phi) is 5.33. The Hall–Kier alpha value is -1.88. The second-order valence-corrected chi connectivity index (χ2v) is 5.38. The molecule has 0 fully saturated rings. The van der Waals surface area contributed by atoms with Gasteiger partial charge in [-0.1, -0.05) is 13.0 Å². The van der Waals surface area contributed by atoms with Crippen molar-refractivity contribution in [3.05, 3.63) is 29.3 Å². The smallest absolute Gasteiger partial charge is 0.313 e. The maximum atomic E-state index is 11.9. The van der Waals surface area contributed by atoms with E-state index in [2.05, 4.69) is 10.6 Å². The van der Waals surface area contributed by atoms with Gasteiger partial charge in [0.2, 0.25) is 0 Å². The van der Waals surface area contributed by atoms with Gasteiger partial charge in [0.1, 0.15) is 0 Å². The quantitative estimate of drug-likeness (QED) is 0.717. The molecule has 5 heteroatoms. The lowest BCUT2D eigenvalue weighted by molar-refractivity contribution is -0.136. The van der Waals surface area contributed by atoms with Crippen LogP contribution in [0, 0.1) is 0 Å². The van der Waals surface area contributed by atoms with Crippen molar-refractivity contribution in [2.75, 3.05) is 11.9 Å². The first-order chi connectivity index (χ1) is 10.1. The summed E-state index contributed by atoms with van der Waals surface area (Å²) < 4.78 is 0. The van der Waals surface area contributed by atoms with Gasteiger partial charge in [-0.15, -0.1) is 0 Å². The fourth-order valence-corrected chi connectivity index (χ4v) is 2.62. The van der Waals surface area contributed by atoms with Crippen molar-refractivity contribution in [1.82, 2.24) is 5.32 Å². The van der Waals surface area contributed by atoms with Crippen molar-refractivity contribution in [3.63, 3.8) is 0 Å². The topological polar surface area (TPSA) is 78.4 Å². The molecule has 1 aromatic carbocycles. The van der Waals surface area contributed by atoms with E-state index in [1.807, 2.05) is 25.1 Å². The molecule has 1 aromatic rings. The van der Waals surface area contributed by atoms with Crippen LogP contribution in [0.4, 0.5) is 5.69 Å². The number of amides is 2. The normalized spacial score (nSPS) is 14.4. The number of aliphatic hydroxyl groups is 1. The molecule has 1 aliphatic rings. The largest absolute Gasteiger partial charge is 0.396 e. The van der Waals surface area contributed by atoms with Gasteiger partial charge in [0, 0.05) is 18.3 Å². The fraction of sp³-hybridized carbons (Fsp3) is 0.500. The van der Waals surface area contributed by atoms with Gasteiger partial charge in [0.15, 0.2) is 0 Å². The molecule has 0 radical (unpaired) electrons. The van der Waals surface area contributed by atoms with Crippen molar-refractivity contribution < 1.29 is 14.7 Å². The van der Waals surface area contributed by atoms with Crippen molar-refractivity contribution >= 4 is 17.5 Å². The molecule has 2 rings (SSSR count). The van der Waals surface area contributed by atoms with Crippen LogP contribution in [0.2, 0.25) is 0 Å². The van der Waals surface area contributed by atoms with Crippen molar-refractivity contribution in [2.24, 2.45) is 0 Å². The standard InChI is InChI=1S/C16H22N2O3/c1-2-13(8-9-19)17-15(20)16(21)18-14-7-6-11-4-3-5-12(11)10-14/h6-7,10,13,19H,2-5,8-9H2,1H3,(H,17,20)(H,18,21). The molecule has 1 atom stereocenters. The average Bonchev–Trinajstić information content (AvgIpc) is 2.94. The van der Waals surface area contributed by atoms with E-state index in [-0.39, 0.29) is 12.6 Å². The lowest BCUT2D eigenvalue weighted by Crippen LogP contribution is -2.42. The zero-order valence-corrected chi connectivity index (χ0v) is 12.3. The number of aryl methyl sites for hydroxylation is 2. The van der Waals surface area contributed by atoms with E-state index in [4.69, 9.17) is 5.11 Å². The van der Waals surface area contributed by atoms with Crippen molar-refractivity contribution in [3.8, 4) is 0 Å². The van der Waals surface area contributed by atoms with E-state index in [0.29, 0.717) is 18.5 Å². The van der Waals surface area contributed by atoms with Crippen LogP contribution in [-0.2, 0) is 22.4 Å². The lowest BCUT2D eigenvalue weighted by atomic mass is 10.1. The Balaban J connectivity index is 1.93. The molecule has 0 saturated carbocycles. The zero-order chi connectivity index (χ0) is 15.2. The Bertz CT molecular complexity index is 528. The third-order valence-electron chi connectivity index (χ3n) is 3.87. The van der Waals surface area contributed by atoms with E-state index in [9.17, 15) is 9.59 Å². The summed E-state index contributed by atoms with van der Waals surface area (Å²) in [6, 6.07) is 5.61. The Morgan fingerprint density at radius 3 is 2.71 bits per heavy atom. The van der Waals surface area contributed by atoms with Crippen LogP contribution in [0.15, 0.2) is 18.2 Å². The average molecular weight is 290 g/mol. The van der Waals surface area contributed by atoms with Crippen LogP contribution in [0.3, 0.4) is 0 Å². The molecule has 0 bridgehead atoms. The third-order valence-corrected chi connectivity index (χ3v) is 3.87. The maximum Gasteiger partial charge on any atom is 0.313 e. The van der Waals surface area contributed by atoms with E-state index in [0.717, 1.165) is 19.3 Å². The summed E-state index contributed by atoms with van der Waals surface area (Å²) in [6.07, 6.45) is 4.39. The Morgan fingerprint density at radius 2 is 2.00 bits per heavy atom. The lowest BCUT2D eigenvalue weighted by Gasteiger charge is -2.15. The van der Waals surface area contributed by atoms with Crippen LogP contribution in [0.1, 0.15) is 37.3 Å². The molecular formula is C16H22N2O3. The highest BCUT2D eigenvalue weighted by Gasteiger charge is 2.18. The van der Waals surface area contributed by atoms with E-state index >= 15 is 0 Å². The molecular weight excluding hydrogens is 268 g/mol. The minimum atomic E-state index is -0.663. The van der Waals surface area contributed by atoms with Gasteiger partial charge in [-0.25, -0.2) is 0 Å². The minimum Gasteiger partial charge on any atom is -0.396 e. The molecule has 21 heavy (non-hydrogen) atoms. The molecule has 0 saturated heterocycles. The van der Waals surface area contributed by atoms with Gasteiger partial charge in [0.25, 0.3) is 0 Å². The van der Waals surface area contributed by atoms with Gasteiger partial charge in [-0.05, 0) is 55.4 Å². The van der Waals surface area contributed by atoms with E-state index in [1.165, 1.54) is 11.1 Å². The molecule has 0 heterocycles. The van der Waals surface area contributed by atoms with Gasteiger partial charge in [0.05, 0.1) is 0 Å². The molecule has 0 spiro atoms. The third kappa shape index (κ3) is 4.04. The second-order valence-electron chi connectivity index (χ2n) is 5.38. The number of aliphatic hydroxyl groups excluding tert-OH is 1. The highest BCUT2D eigenvalue weighted by molar-refractivity contribution is 6.39. The Labute approximate surface area is 124 Å². The number of carbonyl (C=O) groups is 2. The first kappa shape index (κ1) is 15.5. The summed E-state index contributed by atoms with van der Waals surface area (Å²) in [4.78, 5) is 23.7. The number of anilines is 1. The predicted octanol–water partition coefficient (Wildman–Crippen LogP) is 1.39. The summed E-state index contributed by atoms with van der Waals surface area (Å²) in [5.41, 5.74) is 3.23. The van der Waals surface area contributed by atoms with Crippen LogP contribution in [0.25, 0.3) is 0 Å². The van der Waals surface area contributed by atoms with Crippen LogP contribution in [0.5, 0.6) is 0 Å². The number of fused-ring (bicyclic) bond motifs is 1. The van der Waals surface area contributed by atoms with Crippen LogP contribution < -0.4 is 10.6 Å². The second kappa shape index (κ2) is 7.22. The van der Waals surface area contributed by atoms with Gasteiger partial charge in [-0.3, -0.25) is 9.59 Å². The van der Waals surface area contributed by atoms with Crippen LogP contribution >= 0.6 is 0 Å². The number of hydrogen-bond acceptors (Lipinski definition) is 3. The number of carbonyl (C=O) groups excluding carboxylic acids is 2. The zero-order valence-electron chi connectivity index (χ0n) is 12.3. The number of nitrogens with one attached hydrogen (secondary N) is 2. The number of rotatable bonds is 5. The molecule has 2 amide bonds. The van der Waals surface area contributed by atoms with Gasteiger partial charge < -0.3 is 15.7 Å². The fourth-order valence-electron chi connectivity index (χ4n) is 2.62. The molecule has 1 unspecified atom stereocenters. The summed E-state index contributed by atoms with van der Waals surface area (Å²) in [5.74, 6) is -1.32. The first-order valence-electron chi connectivity index (χ1n) is 7.48. The maximum absolute atomic E-state index is 11.9. The molecule has 0 aromatic heterocycles. The monoisotopic (exact) mass is 290 g/mol. The Morgan fingerprint density at radius 1 is 1.24 bits per heavy atom. The highest BCUT2D eigenvalue weighted by Crippen LogP contribution is 2.24. The van der Waals surface area contributed by atoms with Crippen molar-refractivity contribution in [1.29, 1.82) is 0 Å². The summed E-state index contributed by atoms with van der Waals surface area (Å²) in [6.45, 7) is 1.89. The van der Waals surface area contributed by atoms with Gasteiger partial charge >= 0.3 is 11.8 Å². The molecule has 114 valence electrons. The number of benzene rings is 1. The summed E-state index contributed by atoms with van der Waals surface area (Å²) >= 11 is 0. The van der Waals surface area contributed by atoms with E-state index in [1.54, 1.807) is 0 Å². The summed E-state index contributed by atoms with van der Waals surface area (Å²) in [5, 5.41) is 14.2. The molecule has 0 aliphatic heterocycles. The molecule has 1 aliphatic carbocycles. The van der Waals surface area contributed by atoms with Crippen molar-refractivity contribution in [2.45, 2.75) is 45.1 Å². The predicted molar refractivity (Wildman–Crippen MR) is 81.0 cm³/mol. The highest BCUT2D eigenvalue weighted by atomic mass is 16.3. The number of hydrogen-bond donors (Lipinski definition) is 3. The van der Waals surface area contributed by atoms with Gasteiger partial charge in [-0.2, -0.15) is 0 Å².